The summed E-state index contributed by atoms with van der Waals surface area (Å²) in [6, 6.07) is 0. The highest BCUT2D eigenvalue weighted by atomic mass is 16.1. The second kappa shape index (κ2) is 3.89. The molecule has 3 atom stereocenters. The predicted molar refractivity (Wildman–Crippen MR) is 59.6 cm³/mol. The highest BCUT2D eigenvalue weighted by Crippen LogP contribution is 2.46. The van der Waals surface area contributed by atoms with E-state index in [0.29, 0.717) is 17.6 Å². The number of Topliss-reactive ketones (excluding diaryl/α,β-unsaturated/α-hetero) is 1. The second-order valence-corrected chi connectivity index (χ2v) is 5.64. The maximum atomic E-state index is 12.0. The summed E-state index contributed by atoms with van der Waals surface area (Å²) in [7, 11) is 0. The largest absolute Gasteiger partial charge is 0.303 e. The van der Waals surface area contributed by atoms with Crippen LogP contribution >= 0.6 is 0 Å². The minimum absolute atomic E-state index is 0.418. The molecule has 2 saturated carbocycles. The van der Waals surface area contributed by atoms with E-state index < -0.39 is 0 Å². The topological polar surface area (TPSA) is 20.3 Å². The molecule has 0 aromatic rings. The van der Waals surface area contributed by atoms with Gasteiger partial charge in [0.25, 0.3) is 0 Å². The van der Waals surface area contributed by atoms with Crippen LogP contribution in [0.3, 0.4) is 0 Å². The first-order valence-corrected chi connectivity index (χ1v) is 6.60. The number of hydrogen-bond donors (Lipinski definition) is 0. The van der Waals surface area contributed by atoms with E-state index in [0.717, 1.165) is 12.5 Å². The van der Waals surface area contributed by atoms with Crippen LogP contribution < -0.4 is 0 Å². The van der Waals surface area contributed by atoms with Gasteiger partial charge >= 0.3 is 0 Å². The first-order chi connectivity index (χ1) is 7.34. The number of fused-ring (bicyclic) bond motifs is 2. The Morgan fingerprint density at radius 2 is 1.93 bits per heavy atom. The van der Waals surface area contributed by atoms with Gasteiger partial charge in [0.1, 0.15) is 5.78 Å². The monoisotopic (exact) mass is 207 g/mol. The summed E-state index contributed by atoms with van der Waals surface area (Å²) in [6.07, 6.45) is 7.82. The molecule has 84 valence electrons. The smallest absolute Gasteiger partial charge is 0.140 e. The summed E-state index contributed by atoms with van der Waals surface area (Å²) in [5.74, 6) is 2.24. The fourth-order valence-electron chi connectivity index (χ4n) is 3.83. The molecule has 3 rings (SSSR count). The average Bonchev–Trinajstić information content (AvgIpc) is 2.84. The van der Waals surface area contributed by atoms with Gasteiger partial charge in [-0.25, -0.2) is 0 Å². The van der Waals surface area contributed by atoms with Crippen molar-refractivity contribution in [2.24, 2.45) is 17.8 Å². The van der Waals surface area contributed by atoms with Crippen LogP contribution in [0.15, 0.2) is 0 Å². The molecule has 0 amide bonds. The molecule has 1 heterocycles. The van der Waals surface area contributed by atoms with Crippen molar-refractivity contribution >= 4 is 5.78 Å². The van der Waals surface area contributed by atoms with Gasteiger partial charge in [-0.05, 0) is 51.1 Å². The Balaban J connectivity index is 1.60. The van der Waals surface area contributed by atoms with E-state index in [1.165, 1.54) is 51.6 Å². The summed E-state index contributed by atoms with van der Waals surface area (Å²) >= 11 is 0. The Bertz CT molecular complexity index is 257. The molecule has 3 fully saturated rings. The molecule has 0 N–H and O–H groups in total. The Hall–Kier alpha value is -0.370. The molecule has 1 aliphatic heterocycles. The molecule has 0 unspecified atom stereocenters. The third-order valence-electron chi connectivity index (χ3n) is 4.71. The van der Waals surface area contributed by atoms with Gasteiger partial charge < -0.3 is 4.90 Å². The summed E-state index contributed by atoms with van der Waals surface area (Å²) in [5.41, 5.74) is 0. The summed E-state index contributed by atoms with van der Waals surface area (Å²) in [6.45, 7) is 3.56. The first kappa shape index (κ1) is 9.83. The number of likely N-dealkylation sites (tertiary alicyclic amines) is 1. The van der Waals surface area contributed by atoms with Crippen LogP contribution in [-0.4, -0.2) is 30.3 Å². The number of piperidine rings is 1. The van der Waals surface area contributed by atoms with Crippen molar-refractivity contribution in [2.75, 3.05) is 19.6 Å². The SMILES string of the molecule is O=C1[C@H]2CC[C@H](C2)[C@H]1CN1CCCCC1. The predicted octanol–water partition coefficient (Wildman–Crippen LogP) is 2.09. The molecule has 0 spiro atoms. The highest BCUT2D eigenvalue weighted by Gasteiger charge is 2.46. The minimum Gasteiger partial charge on any atom is -0.303 e. The van der Waals surface area contributed by atoms with Crippen LogP contribution in [-0.2, 0) is 4.79 Å². The highest BCUT2D eigenvalue weighted by molar-refractivity contribution is 5.87. The van der Waals surface area contributed by atoms with E-state index in [2.05, 4.69) is 4.90 Å². The maximum absolute atomic E-state index is 12.0. The van der Waals surface area contributed by atoms with Crippen LogP contribution in [0.5, 0.6) is 0 Å². The van der Waals surface area contributed by atoms with Crippen LogP contribution in [0.2, 0.25) is 0 Å². The Labute approximate surface area is 92.0 Å². The molecule has 1 saturated heterocycles. The molecule has 15 heavy (non-hydrogen) atoms. The molecule has 3 aliphatic rings. The number of nitrogens with zero attached hydrogens (tertiary/aromatic N) is 1. The lowest BCUT2D eigenvalue weighted by atomic mass is 9.87. The molecule has 0 aromatic carbocycles. The zero-order valence-electron chi connectivity index (χ0n) is 9.45. The number of ketones is 1. The van der Waals surface area contributed by atoms with E-state index >= 15 is 0 Å². The van der Waals surface area contributed by atoms with E-state index in [1.54, 1.807) is 0 Å². The number of rotatable bonds is 2. The van der Waals surface area contributed by atoms with Crippen LogP contribution in [0.4, 0.5) is 0 Å². The van der Waals surface area contributed by atoms with Crippen molar-refractivity contribution in [1.82, 2.24) is 4.90 Å². The lowest BCUT2D eigenvalue weighted by molar-refractivity contribution is -0.126. The summed E-state index contributed by atoms with van der Waals surface area (Å²) < 4.78 is 0. The van der Waals surface area contributed by atoms with Gasteiger partial charge in [-0.15, -0.1) is 0 Å². The fourth-order valence-corrected chi connectivity index (χ4v) is 3.83. The van der Waals surface area contributed by atoms with Crippen LogP contribution in [0, 0.1) is 17.8 Å². The Morgan fingerprint density at radius 1 is 1.13 bits per heavy atom. The van der Waals surface area contributed by atoms with Gasteiger partial charge in [0, 0.05) is 18.4 Å². The third-order valence-corrected chi connectivity index (χ3v) is 4.71. The summed E-state index contributed by atoms with van der Waals surface area (Å²) in [4.78, 5) is 14.5. The molecular formula is C13H21NO. The molecule has 2 heteroatoms. The molecule has 2 bridgehead atoms. The van der Waals surface area contributed by atoms with Crippen LogP contribution in [0.1, 0.15) is 38.5 Å². The lowest BCUT2D eigenvalue weighted by Crippen LogP contribution is -2.38. The van der Waals surface area contributed by atoms with Crippen LogP contribution in [0.25, 0.3) is 0 Å². The second-order valence-electron chi connectivity index (χ2n) is 5.64. The minimum atomic E-state index is 0.418. The molecular weight excluding hydrogens is 186 g/mol. The lowest BCUT2D eigenvalue weighted by Gasteiger charge is -2.31. The van der Waals surface area contributed by atoms with E-state index in [1.807, 2.05) is 0 Å². The normalized spacial score (nSPS) is 41.3. The zero-order valence-corrected chi connectivity index (χ0v) is 9.45. The maximum Gasteiger partial charge on any atom is 0.140 e. The summed E-state index contributed by atoms with van der Waals surface area (Å²) in [5, 5.41) is 0. The van der Waals surface area contributed by atoms with E-state index in [9.17, 15) is 4.79 Å². The molecule has 2 nitrogen and oxygen atoms in total. The molecule has 0 aromatic heterocycles. The molecule has 2 aliphatic carbocycles. The molecule has 0 radical (unpaired) electrons. The van der Waals surface area contributed by atoms with Gasteiger partial charge in [0.05, 0.1) is 0 Å². The van der Waals surface area contributed by atoms with Gasteiger partial charge in [-0.3, -0.25) is 4.79 Å². The van der Waals surface area contributed by atoms with Crippen molar-refractivity contribution in [3.8, 4) is 0 Å². The Kier molecular flexibility index (Phi) is 2.55. The van der Waals surface area contributed by atoms with Crippen molar-refractivity contribution in [2.45, 2.75) is 38.5 Å². The van der Waals surface area contributed by atoms with Gasteiger partial charge in [0.15, 0.2) is 0 Å². The van der Waals surface area contributed by atoms with E-state index in [-0.39, 0.29) is 0 Å². The van der Waals surface area contributed by atoms with E-state index in [4.69, 9.17) is 0 Å². The van der Waals surface area contributed by atoms with Crippen molar-refractivity contribution in [3.05, 3.63) is 0 Å². The van der Waals surface area contributed by atoms with Crippen molar-refractivity contribution in [3.63, 3.8) is 0 Å². The average molecular weight is 207 g/mol. The van der Waals surface area contributed by atoms with Gasteiger partial charge in [0.2, 0.25) is 0 Å². The zero-order chi connectivity index (χ0) is 10.3. The quantitative estimate of drug-likeness (QED) is 0.691. The standard InChI is InChI=1S/C13H21NO/c15-13-11-5-4-10(8-11)12(13)9-14-6-2-1-3-7-14/h10-12H,1-9H2/t10-,11+,12-/m1/s1. The Morgan fingerprint density at radius 3 is 2.60 bits per heavy atom. The van der Waals surface area contributed by atoms with Crippen molar-refractivity contribution in [1.29, 1.82) is 0 Å². The fraction of sp³-hybridized carbons (Fsp3) is 0.923. The third kappa shape index (κ3) is 1.73. The van der Waals surface area contributed by atoms with Gasteiger partial charge in [-0.1, -0.05) is 6.42 Å². The number of carbonyl (C=O) groups is 1. The number of carbonyl (C=O) groups excluding carboxylic acids is 1. The first-order valence-electron chi connectivity index (χ1n) is 6.60. The van der Waals surface area contributed by atoms with Crippen molar-refractivity contribution < 1.29 is 4.79 Å². The van der Waals surface area contributed by atoms with Gasteiger partial charge in [-0.2, -0.15) is 0 Å². The number of hydrogen-bond acceptors (Lipinski definition) is 2.